The zero-order valence-corrected chi connectivity index (χ0v) is 39.7. The number of hydrogen-bond donors (Lipinski definition) is 1. The van der Waals surface area contributed by atoms with Gasteiger partial charge < -0.3 is 5.11 Å². The van der Waals surface area contributed by atoms with Crippen LogP contribution in [-0.2, 0) is 10.8 Å². The molecule has 0 aliphatic carbocycles. The second-order valence-electron chi connectivity index (χ2n) is 20.1. The van der Waals surface area contributed by atoms with E-state index < -0.39 is 6.04 Å². The number of phenols is 1. The van der Waals surface area contributed by atoms with Crippen LogP contribution in [0.2, 0.25) is 0 Å². The molecule has 0 unspecified atom stereocenters. The number of aromatic nitrogens is 3. The fraction of sp³-hybridized carbons (Fsp3) is 0.226. The van der Waals surface area contributed by atoms with Crippen LogP contribution in [0.15, 0.2) is 170 Å². The predicted molar refractivity (Wildman–Crippen MR) is 279 cm³/mol. The van der Waals surface area contributed by atoms with Crippen LogP contribution < -0.4 is 0 Å². The summed E-state index contributed by atoms with van der Waals surface area (Å²) >= 11 is 0. The molecule has 0 atom stereocenters. The van der Waals surface area contributed by atoms with Crippen molar-refractivity contribution in [3.8, 4) is 78.6 Å². The molecule has 330 valence electrons. The summed E-state index contributed by atoms with van der Waals surface area (Å²) in [4.78, 5) is 10.5. The van der Waals surface area contributed by atoms with Gasteiger partial charge in [0.25, 0.3) is 0 Å². The smallest absolute Gasteiger partial charge is 0.149 e. The number of phenolic OH excluding ortho intramolecular Hbond substituents is 1. The van der Waals surface area contributed by atoms with E-state index in [0.717, 1.165) is 72.4 Å². The standard InChI is InChI=1S/C62H61N3O/c1-39(2)45-34-50(40(3)4)59(66)53(35-45)60-64-58-49(46-31-47(33-48(32-46)61(5,6)7)55-36-44(29-30-63-55)41-21-14-11-15-22-41)27-20-28-56(58)65(60)57-38-51(42-23-16-12-17-24-42)54(62(8,9)10)37-52(57)43-25-18-13-19-26-43/h11-40,66H,1-10H3/i11D,14D,15D,21D,22D. The highest BCUT2D eigenvalue weighted by atomic mass is 16.3. The third kappa shape index (κ3) is 8.49. The molecule has 0 saturated heterocycles. The minimum Gasteiger partial charge on any atom is -0.507 e. The number of nitrogens with zero attached hydrogens (tertiary/aromatic N) is 3. The van der Waals surface area contributed by atoms with Gasteiger partial charge in [-0.1, -0.05) is 184 Å². The van der Waals surface area contributed by atoms with Crippen molar-refractivity contribution < 1.29 is 12.0 Å². The van der Waals surface area contributed by atoms with E-state index in [4.69, 9.17) is 16.8 Å². The number of benzene rings is 7. The first-order valence-electron chi connectivity index (χ1n) is 25.5. The van der Waals surface area contributed by atoms with Gasteiger partial charge in [-0.3, -0.25) is 9.55 Å². The molecule has 9 rings (SSSR count). The van der Waals surface area contributed by atoms with E-state index in [0.29, 0.717) is 22.6 Å². The fourth-order valence-electron chi connectivity index (χ4n) is 8.98. The van der Waals surface area contributed by atoms with Gasteiger partial charge in [0.15, 0.2) is 0 Å². The fourth-order valence-corrected chi connectivity index (χ4v) is 8.98. The van der Waals surface area contributed by atoms with Crippen LogP contribution in [0.5, 0.6) is 5.75 Å². The summed E-state index contributed by atoms with van der Waals surface area (Å²) in [5, 5.41) is 12.5. The minimum absolute atomic E-state index is 0.0441. The molecule has 0 saturated carbocycles. The summed E-state index contributed by atoms with van der Waals surface area (Å²) in [5.74, 6) is 1.05. The van der Waals surface area contributed by atoms with Crippen LogP contribution in [0.1, 0.15) is 110 Å². The topological polar surface area (TPSA) is 50.9 Å². The highest BCUT2D eigenvalue weighted by Crippen LogP contribution is 2.47. The van der Waals surface area contributed by atoms with E-state index in [2.05, 4.69) is 183 Å². The minimum atomic E-state index is -0.432. The van der Waals surface area contributed by atoms with Gasteiger partial charge in [0, 0.05) is 22.9 Å². The quantitative estimate of drug-likeness (QED) is 0.157. The Morgan fingerprint density at radius 1 is 0.545 bits per heavy atom. The Hall–Kier alpha value is -7.04. The lowest BCUT2D eigenvalue weighted by Gasteiger charge is -2.27. The summed E-state index contributed by atoms with van der Waals surface area (Å²) in [6, 6.07) is 44.5. The molecular formula is C62H61N3O. The van der Waals surface area contributed by atoms with Crippen LogP contribution >= 0.6 is 0 Å². The summed E-state index contributed by atoms with van der Waals surface area (Å²) in [5.41, 5.74) is 15.0. The van der Waals surface area contributed by atoms with E-state index in [9.17, 15) is 5.11 Å². The second-order valence-corrected chi connectivity index (χ2v) is 20.1. The Labute approximate surface area is 398 Å². The van der Waals surface area contributed by atoms with E-state index in [1.54, 1.807) is 18.3 Å². The van der Waals surface area contributed by atoms with Crippen molar-refractivity contribution in [2.45, 2.75) is 91.9 Å². The van der Waals surface area contributed by atoms with Gasteiger partial charge in [0.05, 0.1) is 34.8 Å². The molecule has 4 heteroatoms. The van der Waals surface area contributed by atoms with Gasteiger partial charge >= 0.3 is 0 Å². The van der Waals surface area contributed by atoms with Gasteiger partial charge in [-0.25, -0.2) is 4.98 Å². The van der Waals surface area contributed by atoms with Crippen molar-refractivity contribution in [2.24, 2.45) is 0 Å². The average molecular weight is 869 g/mol. The number of hydrogen-bond acceptors (Lipinski definition) is 3. The summed E-state index contributed by atoms with van der Waals surface area (Å²) in [7, 11) is 0. The molecule has 0 bridgehead atoms. The molecule has 9 aromatic rings. The lowest BCUT2D eigenvalue weighted by atomic mass is 9.79. The van der Waals surface area contributed by atoms with E-state index >= 15 is 0 Å². The van der Waals surface area contributed by atoms with E-state index in [1.165, 1.54) is 5.56 Å². The molecule has 0 amide bonds. The van der Waals surface area contributed by atoms with Crippen molar-refractivity contribution >= 4 is 11.0 Å². The first-order valence-corrected chi connectivity index (χ1v) is 23.0. The van der Waals surface area contributed by atoms with E-state index in [1.807, 2.05) is 12.1 Å². The summed E-state index contributed by atoms with van der Waals surface area (Å²) in [6.07, 6.45) is 1.63. The van der Waals surface area contributed by atoms with Crippen molar-refractivity contribution in [1.82, 2.24) is 14.5 Å². The largest absolute Gasteiger partial charge is 0.507 e. The lowest BCUT2D eigenvalue weighted by molar-refractivity contribution is 0.466. The normalized spacial score (nSPS) is 13.2. The van der Waals surface area contributed by atoms with Crippen molar-refractivity contribution in [2.75, 3.05) is 0 Å². The number of aromatic hydroxyl groups is 1. The van der Waals surface area contributed by atoms with Crippen molar-refractivity contribution in [1.29, 1.82) is 0 Å². The monoisotopic (exact) mass is 869 g/mol. The van der Waals surface area contributed by atoms with Crippen LogP contribution in [0.4, 0.5) is 0 Å². The zero-order valence-electron chi connectivity index (χ0n) is 44.7. The highest BCUT2D eigenvalue weighted by Gasteiger charge is 2.28. The van der Waals surface area contributed by atoms with Crippen LogP contribution in [0.25, 0.3) is 83.9 Å². The van der Waals surface area contributed by atoms with E-state index in [-0.39, 0.29) is 58.1 Å². The molecule has 1 N–H and O–H groups in total. The predicted octanol–water partition coefficient (Wildman–Crippen LogP) is 17.0. The lowest BCUT2D eigenvalue weighted by Crippen LogP contribution is -2.14. The Bertz CT molecular complexity index is 3480. The van der Waals surface area contributed by atoms with Crippen LogP contribution in [0.3, 0.4) is 0 Å². The Morgan fingerprint density at radius 3 is 1.85 bits per heavy atom. The average Bonchev–Trinajstić information content (AvgIpc) is 3.74. The Balaban J connectivity index is 1.38. The maximum absolute atomic E-state index is 12.5. The maximum Gasteiger partial charge on any atom is 0.149 e. The SMILES string of the molecule is [2H]c1c([2H])c([2H])c(-c2ccnc(-c3cc(-c4cccc5c4nc(-c4cc(C(C)C)cc(C(C)C)c4O)n5-c4cc(-c5ccccc5)c(C(C)(C)C)cc4-c4ccccc4)cc(C(C)(C)C)c3)c2)c([2H])c1[2H]. The molecule has 2 heterocycles. The van der Waals surface area contributed by atoms with Crippen LogP contribution in [0, 0.1) is 0 Å². The van der Waals surface area contributed by atoms with Crippen molar-refractivity contribution in [3.63, 3.8) is 0 Å². The molecule has 0 radical (unpaired) electrons. The Kier molecular flexibility index (Phi) is 10.1. The van der Waals surface area contributed by atoms with Gasteiger partial charge in [0.2, 0.25) is 0 Å². The number of pyridine rings is 1. The molecule has 0 aliphatic heterocycles. The number of para-hydroxylation sites is 1. The first kappa shape index (κ1) is 38.3. The molecule has 0 fully saturated rings. The second kappa shape index (κ2) is 17.4. The van der Waals surface area contributed by atoms with Gasteiger partial charge in [-0.15, -0.1) is 0 Å². The summed E-state index contributed by atoms with van der Waals surface area (Å²) < 4.78 is 44.7. The third-order valence-corrected chi connectivity index (χ3v) is 12.7. The zero-order chi connectivity index (χ0) is 50.8. The van der Waals surface area contributed by atoms with Crippen LogP contribution in [-0.4, -0.2) is 19.6 Å². The first-order chi connectivity index (χ1) is 33.6. The molecule has 4 nitrogen and oxygen atoms in total. The highest BCUT2D eigenvalue weighted by molar-refractivity contribution is 5.98. The molecule has 0 aliphatic rings. The summed E-state index contributed by atoms with van der Waals surface area (Å²) in [6.45, 7) is 21.9. The number of imidazole rings is 1. The molecule has 7 aromatic carbocycles. The van der Waals surface area contributed by atoms with Gasteiger partial charge in [-0.05, 0) is 127 Å². The Morgan fingerprint density at radius 2 is 1.21 bits per heavy atom. The molecule has 0 spiro atoms. The number of fused-ring (bicyclic) bond motifs is 1. The van der Waals surface area contributed by atoms with Gasteiger partial charge in [0.1, 0.15) is 11.6 Å². The molecule has 2 aromatic heterocycles. The number of rotatable bonds is 9. The maximum atomic E-state index is 12.5. The van der Waals surface area contributed by atoms with Crippen molar-refractivity contribution in [3.05, 3.63) is 192 Å². The molecule has 66 heavy (non-hydrogen) atoms. The molecular weight excluding hydrogens is 803 g/mol. The third-order valence-electron chi connectivity index (χ3n) is 12.7. The van der Waals surface area contributed by atoms with Gasteiger partial charge in [-0.2, -0.15) is 0 Å².